The van der Waals surface area contributed by atoms with Crippen LogP contribution in [0.4, 0.5) is 5.82 Å². The lowest BCUT2D eigenvalue weighted by Crippen LogP contribution is -2.21. The number of aliphatic hydroxyl groups excluding tert-OH is 1. The van der Waals surface area contributed by atoms with Crippen LogP contribution in [0.2, 0.25) is 0 Å². The molecular weight excluding hydrogens is 202 g/mol. The van der Waals surface area contributed by atoms with E-state index < -0.39 is 0 Å². The molecule has 0 spiro atoms. The minimum atomic E-state index is 0.138. The van der Waals surface area contributed by atoms with Crippen LogP contribution in [-0.4, -0.2) is 22.7 Å². The van der Waals surface area contributed by atoms with E-state index in [1.165, 1.54) is 0 Å². The highest BCUT2D eigenvalue weighted by Crippen LogP contribution is 2.15. The molecule has 0 saturated carbocycles. The minimum Gasteiger partial charge on any atom is -0.396 e. The maximum absolute atomic E-state index is 8.95. The highest BCUT2D eigenvalue weighted by atomic mass is 16.3. The Morgan fingerprint density at radius 3 is 2.88 bits per heavy atom. The number of nitriles is 1. The molecule has 0 saturated heterocycles. The van der Waals surface area contributed by atoms with Gasteiger partial charge in [0.05, 0.1) is 5.56 Å². The zero-order chi connectivity index (χ0) is 12.0. The van der Waals surface area contributed by atoms with Crippen molar-refractivity contribution in [3.63, 3.8) is 0 Å². The molecule has 4 nitrogen and oxygen atoms in total. The molecule has 1 unspecified atom stereocenters. The van der Waals surface area contributed by atoms with Gasteiger partial charge in [-0.2, -0.15) is 5.26 Å². The van der Waals surface area contributed by atoms with E-state index in [1.807, 2.05) is 19.9 Å². The van der Waals surface area contributed by atoms with Crippen LogP contribution in [0.25, 0.3) is 0 Å². The second kappa shape index (κ2) is 6.09. The van der Waals surface area contributed by atoms with Gasteiger partial charge >= 0.3 is 0 Å². The smallest absolute Gasteiger partial charge is 0.144 e. The molecular formula is C12H17N3O. The Hall–Kier alpha value is -1.60. The lowest BCUT2D eigenvalue weighted by Gasteiger charge is -2.17. The average molecular weight is 219 g/mol. The average Bonchev–Trinajstić information content (AvgIpc) is 2.29. The molecule has 1 heterocycles. The first kappa shape index (κ1) is 12.5. The molecule has 1 aromatic heterocycles. The number of aliphatic hydroxyl groups is 1. The monoisotopic (exact) mass is 219 g/mol. The number of aryl methyl sites for hydroxylation is 1. The van der Waals surface area contributed by atoms with Crippen LogP contribution in [0.5, 0.6) is 0 Å². The summed E-state index contributed by atoms with van der Waals surface area (Å²) in [6.45, 7) is 4.06. The van der Waals surface area contributed by atoms with Crippen LogP contribution in [-0.2, 0) is 0 Å². The molecule has 86 valence electrons. The Morgan fingerprint density at radius 2 is 2.31 bits per heavy atom. The Labute approximate surface area is 95.9 Å². The van der Waals surface area contributed by atoms with E-state index in [0.29, 0.717) is 17.8 Å². The predicted molar refractivity (Wildman–Crippen MR) is 63.1 cm³/mol. The number of nitrogens with zero attached hydrogens (tertiary/aromatic N) is 2. The van der Waals surface area contributed by atoms with E-state index in [9.17, 15) is 0 Å². The van der Waals surface area contributed by atoms with Gasteiger partial charge in [-0.15, -0.1) is 0 Å². The van der Waals surface area contributed by atoms with E-state index in [-0.39, 0.29) is 12.6 Å². The van der Waals surface area contributed by atoms with Crippen molar-refractivity contribution >= 4 is 5.82 Å². The van der Waals surface area contributed by atoms with E-state index in [0.717, 1.165) is 12.1 Å². The standard InChI is InChI=1S/C12H17N3O/c1-3-11(6-7-16)15-12-10(8-13)5-4-9(2)14-12/h4-5,11,16H,3,6-7H2,1-2H3,(H,14,15). The topological polar surface area (TPSA) is 68.9 Å². The van der Waals surface area contributed by atoms with Crippen molar-refractivity contribution in [3.8, 4) is 6.07 Å². The van der Waals surface area contributed by atoms with E-state index >= 15 is 0 Å². The summed E-state index contributed by atoms with van der Waals surface area (Å²) in [7, 11) is 0. The molecule has 1 atom stereocenters. The summed E-state index contributed by atoms with van der Waals surface area (Å²) in [4.78, 5) is 4.30. The van der Waals surface area contributed by atoms with Gasteiger partial charge in [0.1, 0.15) is 11.9 Å². The number of hydrogen-bond acceptors (Lipinski definition) is 4. The van der Waals surface area contributed by atoms with Gasteiger partial charge in [-0.05, 0) is 31.9 Å². The third-order valence-corrected chi connectivity index (χ3v) is 2.47. The van der Waals surface area contributed by atoms with Crippen molar-refractivity contribution in [2.75, 3.05) is 11.9 Å². The van der Waals surface area contributed by atoms with Gasteiger partial charge in [0.2, 0.25) is 0 Å². The van der Waals surface area contributed by atoms with Crippen LogP contribution in [0.1, 0.15) is 31.0 Å². The number of aromatic nitrogens is 1. The van der Waals surface area contributed by atoms with Crippen molar-refractivity contribution in [1.82, 2.24) is 4.98 Å². The molecule has 4 heteroatoms. The van der Waals surface area contributed by atoms with Crippen molar-refractivity contribution in [2.24, 2.45) is 0 Å². The lowest BCUT2D eigenvalue weighted by molar-refractivity contribution is 0.278. The largest absolute Gasteiger partial charge is 0.396 e. The van der Waals surface area contributed by atoms with Gasteiger partial charge in [-0.25, -0.2) is 4.98 Å². The fourth-order valence-electron chi connectivity index (χ4n) is 1.48. The lowest BCUT2D eigenvalue weighted by atomic mass is 10.1. The van der Waals surface area contributed by atoms with Gasteiger partial charge in [0.15, 0.2) is 0 Å². The molecule has 0 aliphatic heterocycles. The Morgan fingerprint density at radius 1 is 1.56 bits per heavy atom. The van der Waals surface area contributed by atoms with Crippen LogP contribution >= 0.6 is 0 Å². The maximum atomic E-state index is 8.95. The molecule has 16 heavy (non-hydrogen) atoms. The molecule has 1 rings (SSSR count). The van der Waals surface area contributed by atoms with Crippen LogP contribution < -0.4 is 5.32 Å². The van der Waals surface area contributed by atoms with Gasteiger partial charge in [0, 0.05) is 18.3 Å². The molecule has 0 bridgehead atoms. The Bertz CT molecular complexity index is 384. The number of nitrogens with one attached hydrogen (secondary N) is 1. The zero-order valence-electron chi connectivity index (χ0n) is 9.70. The molecule has 0 aliphatic rings. The molecule has 0 aromatic carbocycles. The summed E-state index contributed by atoms with van der Waals surface area (Å²) in [5, 5.41) is 21.0. The summed E-state index contributed by atoms with van der Waals surface area (Å²) in [5.41, 5.74) is 1.42. The minimum absolute atomic E-state index is 0.138. The second-order valence-corrected chi connectivity index (χ2v) is 3.72. The van der Waals surface area contributed by atoms with Gasteiger partial charge in [-0.1, -0.05) is 6.92 Å². The molecule has 2 N–H and O–H groups in total. The van der Waals surface area contributed by atoms with Gasteiger partial charge in [-0.3, -0.25) is 0 Å². The fourth-order valence-corrected chi connectivity index (χ4v) is 1.48. The Balaban J connectivity index is 2.86. The SMILES string of the molecule is CCC(CCO)Nc1nc(C)ccc1C#N. The van der Waals surface area contributed by atoms with E-state index in [1.54, 1.807) is 6.07 Å². The normalized spacial score (nSPS) is 11.9. The quantitative estimate of drug-likeness (QED) is 0.792. The highest BCUT2D eigenvalue weighted by Gasteiger charge is 2.09. The summed E-state index contributed by atoms with van der Waals surface area (Å²) in [5.74, 6) is 0.614. The van der Waals surface area contributed by atoms with Gasteiger partial charge < -0.3 is 10.4 Å². The number of anilines is 1. The summed E-state index contributed by atoms with van der Waals surface area (Å²) >= 11 is 0. The molecule has 0 aliphatic carbocycles. The summed E-state index contributed by atoms with van der Waals surface area (Å²) in [6.07, 6.45) is 1.55. The first-order valence-corrected chi connectivity index (χ1v) is 5.46. The number of pyridine rings is 1. The third kappa shape index (κ3) is 3.21. The van der Waals surface area contributed by atoms with Crippen molar-refractivity contribution < 1.29 is 5.11 Å². The highest BCUT2D eigenvalue weighted by molar-refractivity contribution is 5.52. The van der Waals surface area contributed by atoms with Crippen LogP contribution in [0.15, 0.2) is 12.1 Å². The molecule has 0 amide bonds. The molecule has 1 aromatic rings. The van der Waals surface area contributed by atoms with Crippen LogP contribution in [0, 0.1) is 18.3 Å². The van der Waals surface area contributed by atoms with Crippen molar-refractivity contribution in [2.45, 2.75) is 32.7 Å². The zero-order valence-corrected chi connectivity index (χ0v) is 9.70. The second-order valence-electron chi connectivity index (χ2n) is 3.72. The van der Waals surface area contributed by atoms with Gasteiger partial charge in [0.25, 0.3) is 0 Å². The molecule has 0 fully saturated rings. The number of rotatable bonds is 5. The molecule has 0 radical (unpaired) electrons. The van der Waals surface area contributed by atoms with Crippen molar-refractivity contribution in [3.05, 3.63) is 23.4 Å². The van der Waals surface area contributed by atoms with Crippen molar-refractivity contribution in [1.29, 1.82) is 5.26 Å². The first-order valence-electron chi connectivity index (χ1n) is 5.46. The third-order valence-electron chi connectivity index (χ3n) is 2.47. The fraction of sp³-hybridized carbons (Fsp3) is 0.500. The summed E-state index contributed by atoms with van der Waals surface area (Å²) in [6, 6.07) is 5.84. The maximum Gasteiger partial charge on any atom is 0.144 e. The number of hydrogen-bond donors (Lipinski definition) is 2. The van der Waals surface area contributed by atoms with E-state index in [2.05, 4.69) is 16.4 Å². The van der Waals surface area contributed by atoms with Crippen LogP contribution in [0.3, 0.4) is 0 Å². The predicted octanol–water partition coefficient (Wildman–Crippen LogP) is 1.83. The first-order chi connectivity index (χ1) is 7.71. The Kier molecular flexibility index (Phi) is 4.74. The van der Waals surface area contributed by atoms with E-state index in [4.69, 9.17) is 10.4 Å². The summed E-state index contributed by atoms with van der Waals surface area (Å²) < 4.78 is 0.